The lowest BCUT2D eigenvalue weighted by Crippen LogP contribution is -2.02. The molecule has 0 amide bonds. The fraction of sp³-hybridized carbons (Fsp3) is 0.200. The highest BCUT2D eigenvalue weighted by molar-refractivity contribution is 7.84. The lowest BCUT2D eigenvalue weighted by molar-refractivity contribution is 0.409. The maximum absolute atomic E-state index is 12.3. The van der Waals surface area contributed by atoms with E-state index in [4.69, 9.17) is 22.1 Å². The number of nitrogens with two attached hydrogens (primary N) is 1. The van der Waals surface area contributed by atoms with E-state index in [1.165, 1.54) is 0 Å². The molecule has 0 saturated carbocycles. The molecule has 0 aliphatic carbocycles. The van der Waals surface area contributed by atoms with Gasteiger partial charge >= 0.3 is 0 Å². The topological polar surface area (TPSA) is 52.3 Å². The van der Waals surface area contributed by atoms with Crippen molar-refractivity contribution in [1.82, 2.24) is 0 Å². The molecule has 20 heavy (non-hydrogen) atoms. The van der Waals surface area contributed by atoms with Gasteiger partial charge in [0.05, 0.1) is 23.7 Å². The minimum Gasteiger partial charge on any atom is -0.496 e. The normalized spacial score (nSPS) is 12.2. The van der Waals surface area contributed by atoms with Crippen LogP contribution in [0.5, 0.6) is 5.75 Å². The second-order valence-corrected chi connectivity index (χ2v) is 6.18. The first-order valence-electron chi connectivity index (χ1n) is 6.14. The molecule has 5 heteroatoms. The van der Waals surface area contributed by atoms with Gasteiger partial charge in [-0.05, 0) is 42.0 Å². The number of ether oxygens (including phenoxy) is 1. The summed E-state index contributed by atoms with van der Waals surface area (Å²) in [5.41, 5.74) is 7.57. The third-order valence-electron chi connectivity index (χ3n) is 2.94. The van der Waals surface area contributed by atoms with Crippen molar-refractivity contribution in [2.75, 3.05) is 7.11 Å². The average molecular weight is 310 g/mol. The summed E-state index contributed by atoms with van der Waals surface area (Å²) in [6.07, 6.45) is 0. The standard InChI is InChI=1S/C15H16ClNO2S/c1-19-15-7-2-11(8-12(15)9-17)10-20(18)14-5-3-13(16)4-6-14/h2-8H,9-10,17H2,1H3. The molecule has 2 aromatic rings. The zero-order valence-electron chi connectivity index (χ0n) is 11.1. The second-order valence-electron chi connectivity index (χ2n) is 4.29. The van der Waals surface area contributed by atoms with Crippen LogP contribution in [0.25, 0.3) is 0 Å². The first kappa shape index (κ1) is 15.0. The molecule has 0 heterocycles. The Bertz CT molecular complexity index is 614. The van der Waals surface area contributed by atoms with Crippen LogP contribution in [-0.4, -0.2) is 11.3 Å². The van der Waals surface area contributed by atoms with Crippen molar-refractivity contribution in [1.29, 1.82) is 0 Å². The van der Waals surface area contributed by atoms with E-state index >= 15 is 0 Å². The largest absolute Gasteiger partial charge is 0.496 e. The van der Waals surface area contributed by atoms with E-state index in [1.807, 2.05) is 18.2 Å². The molecule has 1 atom stereocenters. The minimum atomic E-state index is -1.10. The van der Waals surface area contributed by atoms with E-state index in [0.29, 0.717) is 17.3 Å². The molecule has 2 rings (SSSR count). The Morgan fingerprint density at radius 2 is 1.90 bits per heavy atom. The Balaban J connectivity index is 2.17. The van der Waals surface area contributed by atoms with Gasteiger partial charge in [0.15, 0.2) is 0 Å². The highest BCUT2D eigenvalue weighted by Crippen LogP contribution is 2.22. The fourth-order valence-electron chi connectivity index (χ4n) is 1.90. The van der Waals surface area contributed by atoms with E-state index in [1.54, 1.807) is 31.4 Å². The average Bonchev–Trinajstić information content (AvgIpc) is 2.47. The molecule has 0 spiro atoms. The lowest BCUT2D eigenvalue weighted by atomic mass is 10.1. The Morgan fingerprint density at radius 1 is 1.20 bits per heavy atom. The third kappa shape index (κ3) is 3.60. The molecule has 0 radical (unpaired) electrons. The zero-order chi connectivity index (χ0) is 14.5. The molecule has 106 valence electrons. The molecular weight excluding hydrogens is 294 g/mol. The summed E-state index contributed by atoms with van der Waals surface area (Å²) in [7, 11) is 0.509. The molecule has 2 aromatic carbocycles. The Kier molecular flexibility index (Phi) is 5.17. The summed E-state index contributed by atoms with van der Waals surface area (Å²) in [4.78, 5) is 0.763. The van der Waals surface area contributed by atoms with Crippen LogP contribution in [0.1, 0.15) is 11.1 Å². The van der Waals surface area contributed by atoms with Gasteiger partial charge < -0.3 is 10.5 Å². The SMILES string of the molecule is COc1ccc(CS(=O)c2ccc(Cl)cc2)cc1CN. The van der Waals surface area contributed by atoms with Gasteiger partial charge in [-0.2, -0.15) is 0 Å². The van der Waals surface area contributed by atoms with Crippen LogP contribution in [-0.2, 0) is 23.1 Å². The van der Waals surface area contributed by atoms with Crippen LogP contribution in [0.2, 0.25) is 5.02 Å². The van der Waals surface area contributed by atoms with Crippen molar-refractivity contribution in [2.45, 2.75) is 17.2 Å². The van der Waals surface area contributed by atoms with E-state index in [-0.39, 0.29) is 0 Å². The maximum atomic E-state index is 12.3. The van der Waals surface area contributed by atoms with Crippen molar-refractivity contribution >= 4 is 22.4 Å². The Hall–Kier alpha value is -1.36. The molecule has 3 nitrogen and oxygen atoms in total. The van der Waals surface area contributed by atoms with Crippen LogP contribution < -0.4 is 10.5 Å². The molecule has 0 aliphatic heterocycles. The lowest BCUT2D eigenvalue weighted by Gasteiger charge is -2.09. The monoisotopic (exact) mass is 309 g/mol. The molecule has 0 saturated heterocycles. The summed E-state index contributed by atoms with van der Waals surface area (Å²) in [5.74, 6) is 1.20. The van der Waals surface area contributed by atoms with Gasteiger partial charge in [-0.1, -0.05) is 17.7 Å². The first-order chi connectivity index (χ1) is 9.63. The molecule has 2 N–H and O–H groups in total. The summed E-state index contributed by atoms with van der Waals surface area (Å²) in [5, 5.41) is 0.639. The number of hydrogen-bond acceptors (Lipinski definition) is 3. The van der Waals surface area contributed by atoms with E-state index in [0.717, 1.165) is 21.8 Å². The molecule has 0 bridgehead atoms. The number of hydrogen-bond donors (Lipinski definition) is 1. The molecule has 0 aromatic heterocycles. The van der Waals surface area contributed by atoms with Gasteiger partial charge in [0, 0.05) is 22.0 Å². The smallest absolute Gasteiger partial charge is 0.123 e. The fourth-order valence-corrected chi connectivity index (χ4v) is 3.12. The van der Waals surface area contributed by atoms with Crippen LogP contribution in [0, 0.1) is 0 Å². The molecular formula is C15H16ClNO2S. The highest BCUT2D eigenvalue weighted by Gasteiger charge is 2.08. The van der Waals surface area contributed by atoms with Gasteiger partial charge in [-0.25, -0.2) is 0 Å². The van der Waals surface area contributed by atoms with Crippen molar-refractivity contribution in [3.05, 3.63) is 58.6 Å². The quantitative estimate of drug-likeness (QED) is 0.923. The van der Waals surface area contributed by atoms with E-state index < -0.39 is 10.8 Å². The van der Waals surface area contributed by atoms with Crippen molar-refractivity contribution in [2.24, 2.45) is 5.73 Å². The van der Waals surface area contributed by atoms with Crippen LogP contribution >= 0.6 is 11.6 Å². The minimum absolute atomic E-state index is 0.393. The van der Waals surface area contributed by atoms with Crippen LogP contribution in [0.15, 0.2) is 47.4 Å². The van der Waals surface area contributed by atoms with Gasteiger partial charge in [-0.3, -0.25) is 4.21 Å². The van der Waals surface area contributed by atoms with Gasteiger partial charge in [0.1, 0.15) is 5.75 Å². The molecule has 0 fully saturated rings. The number of rotatable bonds is 5. The van der Waals surface area contributed by atoms with Crippen LogP contribution in [0.4, 0.5) is 0 Å². The van der Waals surface area contributed by atoms with Crippen molar-refractivity contribution in [3.8, 4) is 5.75 Å². The van der Waals surface area contributed by atoms with Gasteiger partial charge in [-0.15, -0.1) is 0 Å². The number of halogens is 1. The van der Waals surface area contributed by atoms with E-state index in [9.17, 15) is 4.21 Å². The Labute approximate surface area is 126 Å². The predicted molar refractivity (Wildman–Crippen MR) is 82.4 cm³/mol. The van der Waals surface area contributed by atoms with Gasteiger partial charge in [0.25, 0.3) is 0 Å². The van der Waals surface area contributed by atoms with Crippen LogP contribution in [0.3, 0.4) is 0 Å². The van der Waals surface area contributed by atoms with Crippen molar-refractivity contribution in [3.63, 3.8) is 0 Å². The summed E-state index contributed by atoms with van der Waals surface area (Å²) < 4.78 is 17.5. The van der Waals surface area contributed by atoms with Gasteiger partial charge in [0.2, 0.25) is 0 Å². The summed E-state index contributed by atoms with van der Waals surface area (Å²) in [6, 6.07) is 12.8. The number of benzene rings is 2. The molecule has 0 aliphatic rings. The number of methoxy groups -OCH3 is 1. The second kappa shape index (κ2) is 6.88. The maximum Gasteiger partial charge on any atom is 0.123 e. The predicted octanol–water partition coefficient (Wildman–Crippen LogP) is 3.12. The van der Waals surface area contributed by atoms with Crippen molar-refractivity contribution < 1.29 is 8.95 Å². The Morgan fingerprint density at radius 3 is 2.50 bits per heavy atom. The summed E-state index contributed by atoms with van der Waals surface area (Å²) >= 11 is 5.82. The first-order valence-corrected chi connectivity index (χ1v) is 7.83. The molecule has 1 unspecified atom stereocenters. The summed E-state index contributed by atoms with van der Waals surface area (Å²) in [6.45, 7) is 0.393. The van der Waals surface area contributed by atoms with E-state index in [2.05, 4.69) is 0 Å². The third-order valence-corrected chi connectivity index (χ3v) is 4.58. The zero-order valence-corrected chi connectivity index (χ0v) is 12.7. The highest BCUT2D eigenvalue weighted by atomic mass is 35.5.